The molecule has 0 aromatic rings. The van der Waals surface area contributed by atoms with Gasteiger partial charge in [0.25, 0.3) is 0 Å². The maximum atomic E-state index is 8.92. The first-order chi connectivity index (χ1) is 6.27. The maximum Gasteiger partial charge on any atom is 0.0667 e. The Bertz CT molecular complexity index is 190. The molecule has 0 bridgehead atoms. The van der Waals surface area contributed by atoms with Gasteiger partial charge in [-0.1, -0.05) is 19.8 Å². The number of hydrogen-bond acceptors (Lipinski definition) is 3. The summed E-state index contributed by atoms with van der Waals surface area (Å²) in [7, 11) is 0. The highest BCUT2D eigenvalue weighted by Crippen LogP contribution is 2.34. The SMILES string of the molecule is CC(CO)SC1CCCCC1C#N. The summed E-state index contributed by atoms with van der Waals surface area (Å²) in [4.78, 5) is 0. The van der Waals surface area contributed by atoms with Gasteiger partial charge in [-0.15, -0.1) is 0 Å². The predicted octanol–water partition coefficient (Wildman–Crippen LogP) is 2.18. The lowest BCUT2D eigenvalue weighted by molar-refractivity contribution is 0.299. The highest BCUT2D eigenvalue weighted by molar-refractivity contribution is 8.00. The number of aliphatic hydroxyl groups is 1. The van der Waals surface area contributed by atoms with Crippen molar-refractivity contribution in [2.24, 2.45) is 5.92 Å². The van der Waals surface area contributed by atoms with E-state index in [0.29, 0.717) is 5.25 Å². The zero-order valence-electron chi connectivity index (χ0n) is 8.07. The maximum absolute atomic E-state index is 8.92. The summed E-state index contributed by atoms with van der Waals surface area (Å²) in [5.74, 6) is 0.216. The fourth-order valence-corrected chi connectivity index (χ4v) is 3.12. The number of rotatable bonds is 3. The smallest absolute Gasteiger partial charge is 0.0667 e. The molecule has 1 saturated carbocycles. The summed E-state index contributed by atoms with van der Waals surface area (Å²) < 4.78 is 0. The molecule has 0 amide bonds. The Morgan fingerprint density at radius 3 is 2.85 bits per heavy atom. The molecule has 2 nitrogen and oxygen atoms in total. The molecule has 0 saturated heterocycles. The van der Waals surface area contributed by atoms with Crippen LogP contribution >= 0.6 is 11.8 Å². The van der Waals surface area contributed by atoms with Crippen LogP contribution in [0.25, 0.3) is 0 Å². The van der Waals surface area contributed by atoms with Gasteiger partial charge in [0.1, 0.15) is 0 Å². The molecule has 3 heteroatoms. The van der Waals surface area contributed by atoms with Crippen LogP contribution in [0.3, 0.4) is 0 Å². The Morgan fingerprint density at radius 2 is 2.23 bits per heavy atom. The van der Waals surface area contributed by atoms with Gasteiger partial charge in [0, 0.05) is 10.5 Å². The zero-order valence-corrected chi connectivity index (χ0v) is 8.89. The van der Waals surface area contributed by atoms with E-state index in [4.69, 9.17) is 10.4 Å². The molecule has 1 fully saturated rings. The van der Waals surface area contributed by atoms with Crippen LogP contribution in [0.2, 0.25) is 0 Å². The van der Waals surface area contributed by atoms with Gasteiger partial charge in [-0.25, -0.2) is 0 Å². The molecule has 0 heterocycles. The lowest BCUT2D eigenvalue weighted by Gasteiger charge is -2.27. The van der Waals surface area contributed by atoms with E-state index in [2.05, 4.69) is 6.07 Å². The van der Waals surface area contributed by atoms with Crippen molar-refractivity contribution in [3.63, 3.8) is 0 Å². The molecule has 13 heavy (non-hydrogen) atoms. The van der Waals surface area contributed by atoms with Gasteiger partial charge in [0.2, 0.25) is 0 Å². The molecule has 74 valence electrons. The Labute approximate surface area is 84.3 Å². The molecule has 0 aromatic carbocycles. The summed E-state index contributed by atoms with van der Waals surface area (Å²) in [6, 6.07) is 2.38. The Balaban J connectivity index is 2.41. The number of nitrogens with zero attached hydrogens (tertiary/aromatic N) is 1. The number of thioether (sulfide) groups is 1. The largest absolute Gasteiger partial charge is 0.395 e. The van der Waals surface area contributed by atoms with Crippen molar-refractivity contribution >= 4 is 11.8 Å². The fourth-order valence-electron chi connectivity index (χ4n) is 1.75. The van der Waals surface area contributed by atoms with Crippen LogP contribution in [-0.2, 0) is 0 Å². The van der Waals surface area contributed by atoms with Gasteiger partial charge in [-0.2, -0.15) is 17.0 Å². The fraction of sp³-hybridized carbons (Fsp3) is 0.900. The summed E-state index contributed by atoms with van der Waals surface area (Å²) >= 11 is 1.78. The highest BCUT2D eigenvalue weighted by Gasteiger charge is 2.26. The second kappa shape index (κ2) is 5.51. The minimum atomic E-state index is 0.216. The molecule has 1 rings (SSSR count). The molecule has 0 radical (unpaired) electrons. The third kappa shape index (κ3) is 3.21. The predicted molar refractivity (Wildman–Crippen MR) is 55.5 cm³/mol. The Morgan fingerprint density at radius 1 is 1.54 bits per heavy atom. The van der Waals surface area contributed by atoms with E-state index in [9.17, 15) is 0 Å². The van der Waals surface area contributed by atoms with Gasteiger partial charge < -0.3 is 5.11 Å². The first-order valence-electron chi connectivity index (χ1n) is 4.94. The third-order valence-corrected chi connectivity index (χ3v) is 4.06. The van der Waals surface area contributed by atoms with Crippen LogP contribution in [0.15, 0.2) is 0 Å². The van der Waals surface area contributed by atoms with Gasteiger partial charge in [-0.3, -0.25) is 0 Å². The van der Waals surface area contributed by atoms with Crippen molar-refractivity contribution in [3.05, 3.63) is 0 Å². The van der Waals surface area contributed by atoms with Crippen LogP contribution < -0.4 is 0 Å². The second-order valence-corrected chi connectivity index (χ2v) is 5.37. The Kier molecular flexibility index (Phi) is 4.61. The van der Waals surface area contributed by atoms with Crippen molar-refractivity contribution in [2.75, 3.05) is 6.61 Å². The lowest BCUT2D eigenvalue weighted by atomic mass is 9.90. The molecule has 1 aliphatic rings. The van der Waals surface area contributed by atoms with Crippen LogP contribution in [0.1, 0.15) is 32.6 Å². The van der Waals surface area contributed by atoms with E-state index in [0.717, 1.165) is 12.8 Å². The van der Waals surface area contributed by atoms with Crippen LogP contribution in [-0.4, -0.2) is 22.2 Å². The average Bonchev–Trinajstić information content (AvgIpc) is 2.18. The van der Waals surface area contributed by atoms with Crippen molar-refractivity contribution in [1.82, 2.24) is 0 Å². The first-order valence-corrected chi connectivity index (χ1v) is 5.88. The van der Waals surface area contributed by atoms with Crippen molar-refractivity contribution in [1.29, 1.82) is 5.26 Å². The highest BCUT2D eigenvalue weighted by atomic mass is 32.2. The normalized spacial score (nSPS) is 30.8. The number of aliphatic hydroxyl groups excluding tert-OH is 1. The molecule has 1 N–H and O–H groups in total. The standard InChI is InChI=1S/C10H17NOS/c1-8(7-12)13-10-5-3-2-4-9(10)6-11/h8-10,12H,2-5,7H2,1H3. The van der Waals surface area contributed by atoms with E-state index >= 15 is 0 Å². The van der Waals surface area contributed by atoms with E-state index in [-0.39, 0.29) is 17.8 Å². The first kappa shape index (κ1) is 10.9. The molecule has 0 aromatic heterocycles. The molecule has 0 aliphatic heterocycles. The lowest BCUT2D eigenvalue weighted by Crippen LogP contribution is -2.23. The third-order valence-electron chi connectivity index (χ3n) is 2.53. The van der Waals surface area contributed by atoms with Crippen LogP contribution in [0.5, 0.6) is 0 Å². The monoisotopic (exact) mass is 199 g/mol. The van der Waals surface area contributed by atoms with E-state index < -0.39 is 0 Å². The summed E-state index contributed by atoms with van der Waals surface area (Å²) in [5.41, 5.74) is 0. The summed E-state index contributed by atoms with van der Waals surface area (Å²) in [6.07, 6.45) is 4.64. The minimum Gasteiger partial charge on any atom is -0.395 e. The molecular formula is C10H17NOS. The minimum absolute atomic E-state index is 0.216. The molecule has 1 aliphatic carbocycles. The molecule has 3 unspecified atom stereocenters. The van der Waals surface area contributed by atoms with Crippen molar-refractivity contribution in [2.45, 2.75) is 43.1 Å². The van der Waals surface area contributed by atoms with Gasteiger partial charge in [0.05, 0.1) is 18.6 Å². The van der Waals surface area contributed by atoms with Crippen LogP contribution in [0, 0.1) is 17.2 Å². The average molecular weight is 199 g/mol. The summed E-state index contributed by atoms with van der Waals surface area (Å²) in [6.45, 7) is 2.24. The van der Waals surface area contributed by atoms with Crippen molar-refractivity contribution < 1.29 is 5.11 Å². The number of hydrogen-bond donors (Lipinski definition) is 1. The van der Waals surface area contributed by atoms with Gasteiger partial charge >= 0.3 is 0 Å². The quantitative estimate of drug-likeness (QED) is 0.757. The topological polar surface area (TPSA) is 44.0 Å². The molecular weight excluding hydrogens is 182 g/mol. The zero-order chi connectivity index (χ0) is 9.68. The van der Waals surface area contributed by atoms with E-state index in [1.54, 1.807) is 11.8 Å². The molecule has 0 spiro atoms. The van der Waals surface area contributed by atoms with Crippen molar-refractivity contribution in [3.8, 4) is 6.07 Å². The second-order valence-electron chi connectivity index (χ2n) is 3.69. The van der Waals surface area contributed by atoms with E-state index in [1.165, 1.54) is 12.8 Å². The Hall–Kier alpha value is -0.200. The van der Waals surface area contributed by atoms with Gasteiger partial charge in [0.15, 0.2) is 0 Å². The summed E-state index contributed by atoms with van der Waals surface area (Å²) in [5, 5.41) is 18.6. The molecule has 3 atom stereocenters. The number of nitriles is 1. The van der Waals surface area contributed by atoms with E-state index in [1.807, 2.05) is 6.92 Å². The van der Waals surface area contributed by atoms with Gasteiger partial charge in [-0.05, 0) is 12.8 Å². The van der Waals surface area contributed by atoms with Crippen LogP contribution in [0.4, 0.5) is 0 Å².